The molecule has 0 aromatic rings. The van der Waals surface area contributed by atoms with Gasteiger partial charge >= 0.3 is 0 Å². The maximum atomic E-state index is 5.92. The highest BCUT2D eigenvalue weighted by Crippen LogP contribution is 2.66. The molecule has 4 aliphatic carbocycles. The number of terminal acetylenes is 1. The first-order chi connectivity index (χ1) is 10.1. The molecule has 114 valence electrons. The third-order valence-electron chi connectivity index (χ3n) is 8.07. The molecule has 21 heavy (non-hydrogen) atoms. The van der Waals surface area contributed by atoms with E-state index in [1.54, 1.807) is 0 Å². The van der Waals surface area contributed by atoms with E-state index in [0.29, 0.717) is 16.7 Å². The summed E-state index contributed by atoms with van der Waals surface area (Å²) < 4.78 is 0. The van der Waals surface area contributed by atoms with Gasteiger partial charge in [-0.2, -0.15) is 0 Å². The molecule has 4 rings (SSSR count). The molecule has 0 nitrogen and oxygen atoms in total. The van der Waals surface area contributed by atoms with E-state index in [4.69, 9.17) is 6.42 Å². The van der Waals surface area contributed by atoms with Gasteiger partial charge in [-0.05, 0) is 86.4 Å². The molecular formula is C21H30. The Hall–Kier alpha value is -0.700. The summed E-state index contributed by atoms with van der Waals surface area (Å²) in [4.78, 5) is 0. The Morgan fingerprint density at radius 3 is 2.76 bits per heavy atom. The fraction of sp³-hybridized carbons (Fsp3) is 0.810. The number of hydrogen-bond acceptors (Lipinski definition) is 0. The molecular weight excluding hydrogens is 252 g/mol. The largest absolute Gasteiger partial charge is 0.120 e. The van der Waals surface area contributed by atoms with Crippen molar-refractivity contribution in [1.82, 2.24) is 0 Å². The number of rotatable bonds is 0. The highest BCUT2D eigenvalue weighted by atomic mass is 14.6. The third-order valence-corrected chi connectivity index (χ3v) is 8.07. The zero-order valence-corrected chi connectivity index (χ0v) is 13.8. The Bertz CT molecular complexity index is 507. The molecule has 4 aliphatic rings. The van der Waals surface area contributed by atoms with Crippen LogP contribution in [-0.2, 0) is 0 Å². The zero-order chi connectivity index (χ0) is 14.7. The summed E-state index contributed by atoms with van der Waals surface area (Å²) in [5.74, 6) is 6.41. The standard InChI is InChI=1S/C21H30/c1-4-15-10-13-20(2)14-11-18-17(19(15)20)9-8-16-7-5-6-12-21(16,18)3/h1,7,15,17-19H,5-6,8-14H2,2-3H3/t15?,17-,18+,19+,20+,21+/m1/s1. The second kappa shape index (κ2) is 4.65. The molecule has 1 unspecified atom stereocenters. The highest BCUT2D eigenvalue weighted by molar-refractivity contribution is 5.24. The quantitative estimate of drug-likeness (QED) is 0.401. The van der Waals surface area contributed by atoms with E-state index >= 15 is 0 Å². The predicted octanol–water partition coefficient (Wildman–Crippen LogP) is 5.59. The fourth-order valence-corrected chi connectivity index (χ4v) is 7.01. The van der Waals surface area contributed by atoms with E-state index in [1.807, 2.05) is 5.57 Å². The third kappa shape index (κ3) is 1.82. The van der Waals surface area contributed by atoms with Crippen LogP contribution in [0.3, 0.4) is 0 Å². The van der Waals surface area contributed by atoms with Gasteiger partial charge < -0.3 is 0 Å². The normalized spacial score (nSPS) is 52.1. The molecule has 0 aromatic carbocycles. The van der Waals surface area contributed by atoms with Gasteiger partial charge in [0, 0.05) is 5.92 Å². The first-order valence-electron chi connectivity index (χ1n) is 9.24. The molecule has 0 heterocycles. The van der Waals surface area contributed by atoms with Gasteiger partial charge in [-0.25, -0.2) is 0 Å². The predicted molar refractivity (Wildman–Crippen MR) is 88.6 cm³/mol. The maximum Gasteiger partial charge on any atom is 0.0236 e. The average Bonchev–Trinajstić information content (AvgIpc) is 2.83. The molecule has 0 radical (unpaired) electrons. The smallest absolute Gasteiger partial charge is 0.0236 e. The van der Waals surface area contributed by atoms with E-state index in [9.17, 15) is 0 Å². The summed E-state index contributed by atoms with van der Waals surface area (Å²) in [6.45, 7) is 5.15. The second-order valence-electron chi connectivity index (χ2n) is 8.88. The van der Waals surface area contributed by atoms with Crippen molar-refractivity contribution < 1.29 is 0 Å². The van der Waals surface area contributed by atoms with E-state index < -0.39 is 0 Å². The minimum Gasteiger partial charge on any atom is -0.120 e. The molecule has 0 bridgehead atoms. The van der Waals surface area contributed by atoms with Gasteiger partial charge in [0.25, 0.3) is 0 Å². The Morgan fingerprint density at radius 2 is 1.95 bits per heavy atom. The van der Waals surface area contributed by atoms with Crippen molar-refractivity contribution in [1.29, 1.82) is 0 Å². The van der Waals surface area contributed by atoms with Gasteiger partial charge in [-0.3, -0.25) is 0 Å². The number of hydrogen-bond donors (Lipinski definition) is 0. The summed E-state index contributed by atoms with van der Waals surface area (Å²) in [6.07, 6.45) is 21.0. The minimum atomic E-state index is 0.518. The molecule has 0 aromatic heterocycles. The monoisotopic (exact) mass is 282 g/mol. The van der Waals surface area contributed by atoms with Crippen molar-refractivity contribution in [2.75, 3.05) is 0 Å². The molecule has 0 N–H and O–H groups in total. The van der Waals surface area contributed by atoms with Crippen LogP contribution in [0, 0.1) is 46.8 Å². The van der Waals surface area contributed by atoms with E-state index in [2.05, 4.69) is 25.8 Å². The van der Waals surface area contributed by atoms with Crippen molar-refractivity contribution in [2.24, 2.45) is 34.5 Å². The SMILES string of the molecule is C#CC1CC[C@@]2(C)CC[C@H]3[C@@H](CCC4=CCCC[C@@]43C)[C@H]12. The van der Waals surface area contributed by atoms with Gasteiger partial charge in [0.1, 0.15) is 0 Å². The van der Waals surface area contributed by atoms with E-state index in [0.717, 1.165) is 17.8 Å². The summed E-state index contributed by atoms with van der Waals surface area (Å²) in [5.41, 5.74) is 2.89. The molecule has 3 fully saturated rings. The zero-order valence-electron chi connectivity index (χ0n) is 13.8. The molecule has 3 saturated carbocycles. The lowest BCUT2D eigenvalue weighted by atomic mass is 9.47. The summed E-state index contributed by atoms with van der Waals surface area (Å²) >= 11 is 0. The Morgan fingerprint density at radius 1 is 1.14 bits per heavy atom. The number of allylic oxidation sites excluding steroid dienone is 2. The average molecular weight is 282 g/mol. The van der Waals surface area contributed by atoms with Crippen LogP contribution in [0.2, 0.25) is 0 Å². The minimum absolute atomic E-state index is 0.518. The lowest BCUT2D eigenvalue weighted by Gasteiger charge is -2.58. The summed E-state index contributed by atoms with van der Waals surface area (Å²) in [5, 5.41) is 0. The second-order valence-corrected chi connectivity index (χ2v) is 8.88. The van der Waals surface area contributed by atoms with Crippen molar-refractivity contribution >= 4 is 0 Å². The Balaban J connectivity index is 1.71. The van der Waals surface area contributed by atoms with Crippen LogP contribution in [0.15, 0.2) is 11.6 Å². The molecule has 0 aliphatic heterocycles. The van der Waals surface area contributed by atoms with Crippen LogP contribution in [0.4, 0.5) is 0 Å². The fourth-order valence-electron chi connectivity index (χ4n) is 7.01. The van der Waals surface area contributed by atoms with Crippen LogP contribution in [0.1, 0.15) is 71.6 Å². The van der Waals surface area contributed by atoms with Crippen LogP contribution in [0.25, 0.3) is 0 Å². The van der Waals surface area contributed by atoms with Gasteiger partial charge in [-0.1, -0.05) is 25.5 Å². The van der Waals surface area contributed by atoms with Gasteiger partial charge in [0.2, 0.25) is 0 Å². The van der Waals surface area contributed by atoms with Gasteiger partial charge in [0.15, 0.2) is 0 Å². The number of fused-ring (bicyclic) bond motifs is 5. The van der Waals surface area contributed by atoms with Crippen molar-refractivity contribution in [2.45, 2.75) is 71.6 Å². The van der Waals surface area contributed by atoms with E-state index in [1.165, 1.54) is 57.8 Å². The highest BCUT2D eigenvalue weighted by Gasteiger charge is 2.58. The molecule has 0 saturated heterocycles. The van der Waals surface area contributed by atoms with Gasteiger partial charge in [0.05, 0.1) is 0 Å². The lowest BCUT2D eigenvalue weighted by molar-refractivity contribution is -0.0442. The van der Waals surface area contributed by atoms with Crippen molar-refractivity contribution in [3.8, 4) is 12.3 Å². The van der Waals surface area contributed by atoms with Crippen molar-refractivity contribution in [3.05, 3.63) is 11.6 Å². The Labute approximate surface area is 130 Å². The topological polar surface area (TPSA) is 0 Å². The van der Waals surface area contributed by atoms with E-state index in [-0.39, 0.29) is 0 Å². The first kappa shape index (κ1) is 13.9. The van der Waals surface area contributed by atoms with Crippen LogP contribution >= 0.6 is 0 Å². The van der Waals surface area contributed by atoms with Crippen LogP contribution in [0.5, 0.6) is 0 Å². The Kier molecular flexibility index (Phi) is 3.08. The molecule has 0 heteroatoms. The van der Waals surface area contributed by atoms with Crippen LogP contribution < -0.4 is 0 Å². The summed E-state index contributed by atoms with van der Waals surface area (Å²) in [6, 6.07) is 0. The summed E-state index contributed by atoms with van der Waals surface area (Å²) in [7, 11) is 0. The maximum absolute atomic E-state index is 5.92. The van der Waals surface area contributed by atoms with Crippen molar-refractivity contribution in [3.63, 3.8) is 0 Å². The first-order valence-corrected chi connectivity index (χ1v) is 9.24. The molecule has 0 amide bonds. The van der Waals surface area contributed by atoms with Crippen LogP contribution in [-0.4, -0.2) is 0 Å². The molecule has 6 atom stereocenters. The van der Waals surface area contributed by atoms with Gasteiger partial charge in [-0.15, -0.1) is 12.3 Å². The lowest BCUT2D eigenvalue weighted by Crippen LogP contribution is -2.50. The molecule has 0 spiro atoms.